The Hall–Kier alpha value is -2.65. The first kappa shape index (κ1) is 17.7. The summed E-state index contributed by atoms with van der Waals surface area (Å²) in [7, 11) is -4.11. The third-order valence-electron chi connectivity index (χ3n) is 4.57. The summed E-state index contributed by atoms with van der Waals surface area (Å²) in [5, 5.41) is 2.71. The molecular formula is C18H17FN2O5S. The van der Waals surface area contributed by atoms with Crippen LogP contribution in [0.25, 0.3) is 0 Å². The van der Waals surface area contributed by atoms with Gasteiger partial charge in [-0.15, -0.1) is 0 Å². The van der Waals surface area contributed by atoms with Gasteiger partial charge in [-0.05, 0) is 37.1 Å². The molecule has 7 nitrogen and oxygen atoms in total. The number of amides is 1. The van der Waals surface area contributed by atoms with Crippen molar-refractivity contribution in [2.45, 2.75) is 23.8 Å². The summed E-state index contributed by atoms with van der Waals surface area (Å²) in [4.78, 5) is 12.3. The molecular weight excluding hydrogens is 375 g/mol. The second kappa shape index (κ2) is 6.82. The van der Waals surface area contributed by atoms with Crippen LogP contribution in [-0.2, 0) is 14.8 Å². The monoisotopic (exact) mass is 392 g/mol. The third kappa shape index (κ3) is 3.24. The van der Waals surface area contributed by atoms with Gasteiger partial charge in [0.1, 0.15) is 16.8 Å². The highest BCUT2D eigenvalue weighted by Gasteiger charge is 2.40. The van der Waals surface area contributed by atoms with Crippen molar-refractivity contribution in [1.82, 2.24) is 4.31 Å². The first-order chi connectivity index (χ1) is 13.0. The minimum absolute atomic E-state index is 0.115. The number of benzene rings is 2. The lowest BCUT2D eigenvalue weighted by Gasteiger charge is -2.23. The van der Waals surface area contributed by atoms with E-state index in [0.29, 0.717) is 30.0 Å². The number of anilines is 1. The van der Waals surface area contributed by atoms with Crippen LogP contribution >= 0.6 is 0 Å². The van der Waals surface area contributed by atoms with Gasteiger partial charge in [0.2, 0.25) is 22.7 Å². The SMILES string of the molecule is O=C(Nc1ccc2c(c1)OCO2)[C@@H]1CCCN1S(=O)(=O)c1ccccc1F. The summed E-state index contributed by atoms with van der Waals surface area (Å²) in [6.07, 6.45) is 0.886. The van der Waals surface area contributed by atoms with Crippen molar-refractivity contribution in [2.24, 2.45) is 0 Å². The van der Waals surface area contributed by atoms with Gasteiger partial charge in [-0.3, -0.25) is 4.79 Å². The Bertz CT molecular complexity index is 995. The summed E-state index contributed by atoms with van der Waals surface area (Å²) in [5.41, 5.74) is 0.472. The molecule has 1 fully saturated rings. The minimum atomic E-state index is -4.11. The summed E-state index contributed by atoms with van der Waals surface area (Å²) in [6, 6.07) is 9.19. The van der Waals surface area contributed by atoms with Crippen molar-refractivity contribution in [3.8, 4) is 11.5 Å². The van der Waals surface area contributed by atoms with Crippen LogP contribution in [0.5, 0.6) is 11.5 Å². The van der Waals surface area contributed by atoms with Crippen molar-refractivity contribution in [1.29, 1.82) is 0 Å². The van der Waals surface area contributed by atoms with Gasteiger partial charge < -0.3 is 14.8 Å². The molecule has 9 heteroatoms. The average molecular weight is 392 g/mol. The van der Waals surface area contributed by atoms with Crippen molar-refractivity contribution in [3.63, 3.8) is 0 Å². The Kier molecular flexibility index (Phi) is 4.48. The number of nitrogens with one attached hydrogen (secondary N) is 1. The Morgan fingerprint density at radius 2 is 1.93 bits per heavy atom. The van der Waals surface area contributed by atoms with E-state index in [1.54, 1.807) is 18.2 Å². The lowest BCUT2D eigenvalue weighted by atomic mass is 10.2. The van der Waals surface area contributed by atoms with Gasteiger partial charge in [-0.2, -0.15) is 4.31 Å². The first-order valence-corrected chi connectivity index (χ1v) is 9.88. The largest absolute Gasteiger partial charge is 0.454 e. The summed E-state index contributed by atoms with van der Waals surface area (Å²) in [5.74, 6) is -0.210. The van der Waals surface area contributed by atoms with Crippen LogP contribution in [0.2, 0.25) is 0 Å². The molecule has 27 heavy (non-hydrogen) atoms. The maximum absolute atomic E-state index is 14.0. The zero-order valence-electron chi connectivity index (χ0n) is 14.2. The fourth-order valence-electron chi connectivity index (χ4n) is 3.27. The maximum atomic E-state index is 14.0. The average Bonchev–Trinajstić information content (AvgIpc) is 3.31. The smallest absolute Gasteiger partial charge is 0.246 e. The molecule has 0 spiro atoms. The van der Waals surface area contributed by atoms with Crippen LogP contribution in [0.15, 0.2) is 47.4 Å². The maximum Gasteiger partial charge on any atom is 0.246 e. The highest BCUT2D eigenvalue weighted by Crippen LogP contribution is 2.35. The second-order valence-electron chi connectivity index (χ2n) is 6.26. The number of carbonyl (C=O) groups excluding carboxylic acids is 1. The molecule has 1 N–H and O–H groups in total. The minimum Gasteiger partial charge on any atom is -0.454 e. The van der Waals surface area contributed by atoms with E-state index in [2.05, 4.69) is 5.32 Å². The van der Waals surface area contributed by atoms with Crippen LogP contribution in [0.3, 0.4) is 0 Å². The predicted octanol–water partition coefficient (Wildman–Crippen LogP) is 2.35. The molecule has 2 heterocycles. The van der Waals surface area contributed by atoms with Gasteiger partial charge in [0, 0.05) is 18.3 Å². The van der Waals surface area contributed by atoms with Crippen molar-refractivity contribution < 1.29 is 27.1 Å². The lowest BCUT2D eigenvalue weighted by Crippen LogP contribution is -2.43. The van der Waals surface area contributed by atoms with Crippen LogP contribution in [-0.4, -0.2) is 38.0 Å². The van der Waals surface area contributed by atoms with Crippen LogP contribution in [0.4, 0.5) is 10.1 Å². The molecule has 2 aliphatic heterocycles. The third-order valence-corrected chi connectivity index (χ3v) is 6.51. The molecule has 2 aliphatic rings. The van der Waals surface area contributed by atoms with E-state index >= 15 is 0 Å². The number of halogens is 1. The Morgan fingerprint density at radius 1 is 1.15 bits per heavy atom. The van der Waals surface area contributed by atoms with E-state index < -0.39 is 32.7 Å². The predicted molar refractivity (Wildman–Crippen MR) is 94.5 cm³/mol. The number of sulfonamides is 1. The molecule has 0 aromatic heterocycles. The van der Waals surface area contributed by atoms with E-state index in [9.17, 15) is 17.6 Å². The Labute approximate surface area is 155 Å². The second-order valence-corrected chi connectivity index (χ2v) is 8.12. The molecule has 0 aliphatic carbocycles. The van der Waals surface area contributed by atoms with E-state index in [4.69, 9.17) is 9.47 Å². The van der Waals surface area contributed by atoms with Gasteiger partial charge in [-0.1, -0.05) is 12.1 Å². The zero-order valence-corrected chi connectivity index (χ0v) is 15.0. The van der Waals surface area contributed by atoms with Crippen LogP contribution < -0.4 is 14.8 Å². The fourth-order valence-corrected chi connectivity index (χ4v) is 4.99. The number of fused-ring (bicyclic) bond motifs is 1. The number of carbonyl (C=O) groups is 1. The van der Waals surface area contributed by atoms with Gasteiger partial charge in [-0.25, -0.2) is 12.8 Å². The summed E-state index contributed by atoms with van der Waals surface area (Å²) < 4.78 is 51.3. The number of rotatable bonds is 4. The molecule has 0 radical (unpaired) electrons. The first-order valence-electron chi connectivity index (χ1n) is 8.44. The summed E-state index contributed by atoms with van der Waals surface area (Å²) >= 11 is 0. The van der Waals surface area contributed by atoms with Crippen molar-refractivity contribution >= 4 is 21.6 Å². The van der Waals surface area contributed by atoms with Crippen LogP contribution in [0.1, 0.15) is 12.8 Å². The van der Waals surface area contributed by atoms with Crippen molar-refractivity contribution in [2.75, 3.05) is 18.7 Å². The molecule has 2 aromatic carbocycles. The highest BCUT2D eigenvalue weighted by atomic mass is 32.2. The van der Waals surface area contributed by atoms with E-state index in [1.165, 1.54) is 18.2 Å². The topological polar surface area (TPSA) is 84.9 Å². The number of hydrogen-bond acceptors (Lipinski definition) is 5. The molecule has 0 saturated carbocycles. The molecule has 2 aromatic rings. The van der Waals surface area contributed by atoms with E-state index in [1.807, 2.05) is 0 Å². The zero-order chi connectivity index (χ0) is 19.0. The molecule has 0 bridgehead atoms. The molecule has 0 unspecified atom stereocenters. The normalized spacial score (nSPS) is 19.2. The number of hydrogen-bond donors (Lipinski definition) is 1. The number of nitrogens with zero attached hydrogens (tertiary/aromatic N) is 1. The van der Waals surface area contributed by atoms with Gasteiger partial charge in [0.15, 0.2) is 11.5 Å². The van der Waals surface area contributed by atoms with Gasteiger partial charge in [0.05, 0.1) is 0 Å². The summed E-state index contributed by atoms with van der Waals surface area (Å²) in [6.45, 7) is 0.278. The molecule has 142 valence electrons. The number of ether oxygens (including phenoxy) is 2. The fraction of sp³-hybridized carbons (Fsp3) is 0.278. The Balaban J connectivity index is 1.56. The molecule has 1 amide bonds. The Morgan fingerprint density at radius 3 is 2.74 bits per heavy atom. The lowest BCUT2D eigenvalue weighted by molar-refractivity contribution is -0.119. The van der Waals surface area contributed by atoms with Crippen LogP contribution in [0, 0.1) is 5.82 Å². The highest BCUT2D eigenvalue weighted by molar-refractivity contribution is 7.89. The van der Waals surface area contributed by atoms with Gasteiger partial charge in [0.25, 0.3) is 0 Å². The van der Waals surface area contributed by atoms with E-state index in [-0.39, 0.29) is 13.3 Å². The van der Waals surface area contributed by atoms with Crippen molar-refractivity contribution in [3.05, 3.63) is 48.3 Å². The quantitative estimate of drug-likeness (QED) is 0.863. The standard InChI is InChI=1S/C18H17FN2O5S/c19-13-4-1-2-6-17(13)27(23,24)21-9-3-5-14(21)18(22)20-12-7-8-15-16(10-12)26-11-25-15/h1-2,4,6-8,10,14H,3,5,9,11H2,(H,20,22)/t14-/m0/s1. The molecule has 1 saturated heterocycles. The molecule has 4 rings (SSSR count). The van der Waals surface area contributed by atoms with E-state index in [0.717, 1.165) is 10.4 Å². The molecule has 1 atom stereocenters. The van der Waals surface area contributed by atoms with Gasteiger partial charge >= 0.3 is 0 Å².